The fourth-order valence-corrected chi connectivity index (χ4v) is 3.30. The maximum Gasteiger partial charge on any atom is 0.165 e. The van der Waals surface area contributed by atoms with Gasteiger partial charge in [-0.05, 0) is 43.2 Å². The molecule has 0 saturated carbocycles. The van der Waals surface area contributed by atoms with Crippen LogP contribution >= 0.6 is 11.6 Å². The van der Waals surface area contributed by atoms with Crippen LogP contribution in [0.5, 0.6) is 5.75 Å². The summed E-state index contributed by atoms with van der Waals surface area (Å²) in [5.74, 6) is 1.62. The van der Waals surface area contributed by atoms with Crippen molar-refractivity contribution in [1.82, 2.24) is 9.97 Å². The molecule has 0 unspecified atom stereocenters. The highest BCUT2D eigenvalue weighted by Gasteiger charge is 2.17. The maximum atomic E-state index is 10.3. The van der Waals surface area contributed by atoms with Crippen LogP contribution < -0.4 is 4.90 Å². The SMILES string of the molecule is CCCCN(CCCC)c1nc(-c2ccccc2O)nc2cc(Cl)ccc12. The van der Waals surface area contributed by atoms with Crippen LogP contribution in [0.1, 0.15) is 39.5 Å². The van der Waals surface area contributed by atoms with Gasteiger partial charge in [-0.1, -0.05) is 50.4 Å². The summed E-state index contributed by atoms with van der Waals surface area (Å²) in [7, 11) is 0. The number of aromatic nitrogens is 2. The average molecular weight is 384 g/mol. The number of aromatic hydroxyl groups is 1. The third kappa shape index (κ3) is 4.51. The molecule has 0 bridgehead atoms. The molecule has 142 valence electrons. The molecular formula is C22H26ClN3O. The molecule has 0 fully saturated rings. The van der Waals surface area contributed by atoms with Crippen LogP contribution in [0.4, 0.5) is 5.82 Å². The largest absolute Gasteiger partial charge is 0.507 e. The summed E-state index contributed by atoms with van der Waals surface area (Å²) in [6.45, 7) is 6.30. The van der Waals surface area contributed by atoms with E-state index < -0.39 is 0 Å². The second kappa shape index (κ2) is 9.05. The summed E-state index contributed by atoms with van der Waals surface area (Å²) in [6.07, 6.45) is 4.47. The maximum absolute atomic E-state index is 10.3. The number of benzene rings is 2. The van der Waals surface area contributed by atoms with E-state index in [-0.39, 0.29) is 5.75 Å². The van der Waals surface area contributed by atoms with Gasteiger partial charge in [-0.3, -0.25) is 0 Å². The Labute approximate surface area is 165 Å². The minimum absolute atomic E-state index is 0.179. The molecule has 4 nitrogen and oxygen atoms in total. The first kappa shape index (κ1) is 19.4. The zero-order valence-corrected chi connectivity index (χ0v) is 16.7. The standard InChI is InChI=1S/C22H26ClN3O/c1-3-5-13-26(14-6-4-2)22-17-12-11-16(23)15-19(17)24-21(25-22)18-9-7-8-10-20(18)27/h7-12,15,27H,3-6,13-14H2,1-2H3. The second-order valence-corrected chi connectivity index (χ2v) is 7.18. The number of hydrogen-bond acceptors (Lipinski definition) is 4. The average Bonchev–Trinajstić information content (AvgIpc) is 2.67. The fourth-order valence-electron chi connectivity index (χ4n) is 3.13. The van der Waals surface area contributed by atoms with Crippen LogP contribution in [-0.4, -0.2) is 28.2 Å². The summed E-state index contributed by atoms with van der Waals surface area (Å²) in [5.41, 5.74) is 1.43. The van der Waals surface area contributed by atoms with Crippen LogP contribution in [0, 0.1) is 0 Å². The molecule has 0 amide bonds. The predicted molar refractivity (Wildman–Crippen MR) is 114 cm³/mol. The minimum Gasteiger partial charge on any atom is -0.507 e. The zero-order chi connectivity index (χ0) is 19.2. The van der Waals surface area contributed by atoms with E-state index >= 15 is 0 Å². The van der Waals surface area contributed by atoms with E-state index in [1.807, 2.05) is 30.3 Å². The van der Waals surface area contributed by atoms with Crippen molar-refractivity contribution < 1.29 is 5.11 Å². The normalized spacial score (nSPS) is 11.1. The summed E-state index contributed by atoms with van der Waals surface area (Å²) in [5, 5.41) is 11.9. The highest BCUT2D eigenvalue weighted by atomic mass is 35.5. The number of nitrogens with zero attached hydrogens (tertiary/aromatic N) is 3. The molecule has 0 radical (unpaired) electrons. The van der Waals surface area contributed by atoms with Crippen molar-refractivity contribution in [3.05, 3.63) is 47.5 Å². The molecular weight excluding hydrogens is 358 g/mol. The highest BCUT2D eigenvalue weighted by molar-refractivity contribution is 6.31. The number of anilines is 1. The first-order valence-electron chi connectivity index (χ1n) is 9.64. The topological polar surface area (TPSA) is 49.2 Å². The first-order chi connectivity index (χ1) is 13.1. The molecule has 0 aliphatic carbocycles. The monoisotopic (exact) mass is 383 g/mol. The van der Waals surface area contributed by atoms with Gasteiger partial charge >= 0.3 is 0 Å². The van der Waals surface area contributed by atoms with Gasteiger partial charge < -0.3 is 10.0 Å². The molecule has 0 atom stereocenters. The van der Waals surface area contributed by atoms with Gasteiger partial charge in [0.1, 0.15) is 11.6 Å². The van der Waals surface area contributed by atoms with Crippen molar-refractivity contribution in [3.8, 4) is 17.1 Å². The summed E-state index contributed by atoms with van der Waals surface area (Å²) in [6, 6.07) is 12.9. The van der Waals surface area contributed by atoms with Gasteiger partial charge in [0.2, 0.25) is 0 Å². The van der Waals surface area contributed by atoms with Crippen LogP contribution in [-0.2, 0) is 0 Å². The van der Waals surface area contributed by atoms with Crippen molar-refractivity contribution in [1.29, 1.82) is 0 Å². The van der Waals surface area contributed by atoms with E-state index in [1.54, 1.807) is 12.1 Å². The molecule has 3 rings (SSSR count). The number of halogens is 1. The van der Waals surface area contributed by atoms with Gasteiger partial charge in [-0.15, -0.1) is 0 Å². The molecule has 0 spiro atoms. The van der Waals surface area contributed by atoms with Crippen molar-refractivity contribution in [2.24, 2.45) is 0 Å². The molecule has 1 heterocycles. The Morgan fingerprint density at radius 3 is 2.33 bits per heavy atom. The Morgan fingerprint density at radius 1 is 0.963 bits per heavy atom. The van der Waals surface area contributed by atoms with Gasteiger partial charge in [0.05, 0.1) is 11.1 Å². The second-order valence-electron chi connectivity index (χ2n) is 6.74. The molecule has 3 aromatic rings. The smallest absolute Gasteiger partial charge is 0.165 e. The predicted octanol–water partition coefficient (Wildman–Crippen LogP) is 6.06. The minimum atomic E-state index is 0.179. The van der Waals surface area contributed by atoms with E-state index in [4.69, 9.17) is 16.6 Å². The lowest BCUT2D eigenvalue weighted by Gasteiger charge is -2.25. The van der Waals surface area contributed by atoms with E-state index in [2.05, 4.69) is 23.7 Å². The van der Waals surface area contributed by atoms with Crippen molar-refractivity contribution in [2.45, 2.75) is 39.5 Å². The van der Waals surface area contributed by atoms with Gasteiger partial charge in [0.15, 0.2) is 5.82 Å². The molecule has 1 aromatic heterocycles. The molecule has 2 aromatic carbocycles. The zero-order valence-electron chi connectivity index (χ0n) is 16.0. The first-order valence-corrected chi connectivity index (χ1v) is 10.0. The van der Waals surface area contributed by atoms with Gasteiger partial charge in [-0.25, -0.2) is 9.97 Å². The molecule has 1 N–H and O–H groups in total. The van der Waals surface area contributed by atoms with Crippen LogP contribution in [0.15, 0.2) is 42.5 Å². The van der Waals surface area contributed by atoms with Gasteiger partial charge in [0.25, 0.3) is 0 Å². The van der Waals surface area contributed by atoms with E-state index in [9.17, 15) is 5.11 Å². The number of para-hydroxylation sites is 1. The Kier molecular flexibility index (Phi) is 6.51. The fraction of sp³-hybridized carbons (Fsp3) is 0.364. The number of unbranched alkanes of at least 4 members (excludes halogenated alkanes) is 2. The lowest BCUT2D eigenvalue weighted by Crippen LogP contribution is -2.27. The molecule has 27 heavy (non-hydrogen) atoms. The molecule has 0 saturated heterocycles. The van der Waals surface area contributed by atoms with Crippen LogP contribution in [0.25, 0.3) is 22.3 Å². The van der Waals surface area contributed by atoms with E-state index in [0.29, 0.717) is 16.4 Å². The van der Waals surface area contributed by atoms with Crippen molar-refractivity contribution >= 4 is 28.3 Å². The molecule has 0 aliphatic rings. The number of phenolic OH excluding ortho intramolecular Hbond substituents is 1. The highest BCUT2D eigenvalue weighted by Crippen LogP contribution is 2.32. The number of rotatable bonds is 8. The number of hydrogen-bond donors (Lipinski definition) is 1. The van der Waals surface area contributed by atoms with Gasteiger partial charge in [0, 0.05) is 23.5 Å². The Hall–Kier alpha value is -2.33. The summed E-state index contributed by atoms with van der Waals surface area (Å²) < 4.78 is 0. The molecule has 0 aliphatic heterocycles. The quantitative estimate of drug-likeness (QED) is 0.513. The van der Waals surface area contributed by atoms with Gasteiger partial charge in [-0.2, -0.15) is 0 Å². The Balaban J connectivity index is 2.17. The Bertz CT molecular complexity index is 905. The van der Waals surface area contributed by atoms with E-state index in [0.717, 1.165) is 55.5 Å². The third-order valence-electron chi connectivity index (χ3n) is 4.65. The number of fused-ring (bicyclic) bond motifs is 1. The van der Waals surface area contributed by atoms with Crippen molar-refractivity contribution in [2.75, 3.05) is 18.0 Å². The summed E-state index contributed by atoms with van der Waals surface area (Å²) in [4.78, 5) is 11.9. The van der Waals surface area contributed by atoms with Crippen LogP contribution in [0.3, 0.4) is 0 Å². The lowest BCUT2D eigenvalue weighted by atomic mass is 10.1. The van der Waals surface area contributed by atoms with Crippen LogP contribution in [0.2, 0.25) is 5.02 Å². The lowest BCUT2D eigenvalue weighted by molar-refractivity contribution is 0.477. The number of phenols is 1. The summed E-state index contributed by atoms with van der Waals surface area (Å²) >= 11 is 6.22. The third-order valence-corrected chi connectivity index (χ3v) is 4.88. The van der Waals surface area contributed by atoms with Crippen molar-refractivity contribution in [3.63, 3.8) is 0 Å². The Morgan fingerprint density at radius 2 is 1.67 bits per heavy atom. The van der Waals surface area contributed by atoms with E-state index in [1.165, 1.54) is 0 Å². The molecule has 5 heteroatoms.